The molecule has 0 atom stereocenters. The number of nitrogens with one attached hydrogen (secondary N) is 1. The molecule has 0 spiro atoms. The summed E-state index contributed by atoms with van der Waals surface area (Å²) in [5, 5.41) is 21.6. The van der Waals surface area contributed by atoms with E-state index >= 15 is 0 Å². The lowest BCUT2D eigenvalue weighted by Gasteiger charge is -2.10. The van der Waals surface area contributed by atoms with Crippen molar-refractivity contribution in [3.8, 4) is 17.6 Å². The Morgan fingerprint density at radius 2 is 2.14 bits per heavy atom. The highest BCUT2D eigenvalue weighted by atomic mass is 79.9. The number of para-hydroxylation sites is 1. The summed E-state index contributed by atoms with van der Waals surface area (Å²) in [5.74, 6) is -0.558. The van der Waals surface area contributed by atoms with Crippen molar-refractivity contribution in [2.45, 2.75) is 0 Å². The molecule has 5 nitrogen and oxygen atoms in total. The fraction of sp³-hybridized carbons (Fsp3) is 0.0667. The molecule has 0 saturated heterocycles. The SMILES string of the molecule is COc1cccc(C(=O)Nc2ccc(Br)cc2C#N)c1O. The van der Waals surface area contributed by atoms with Crippen LogP contribution >= 0.6 is 15.9 Å². The van der Waals surface area contributed by atoms with Crippen molar-refractivity contribution in [1.29, 1.82) is 5.26 Å². The lowest BCUT2D eigenvalue weighted by Crippen LogP contribution is -2.13. The normalized spacial score (nSPS) is 9.76. The number of rotatable bonds is 3. The number of phenols is 1. The zero-order chi connectivity index (χ0) is 15.4. The average molecular weight is 347 g/mol. The van der Waals surface area contributed by atoms with E-state index in [-0.39, 0.29) is 17.1 Å². The number of benzene rings is 2. The number of halogens is 1. The van der Waals surface area contributed by atoms with Crippen LogP contribution in [0.3, 0.4) is 0 Å². The third-order valence-corrected chi connectivity index (χ3v) is 3.31. The number of phenolic OH excluding ortho intramolecular Hbond substituents is 1. The van der Waals surface area contributed by atoms with Gasteiger partial charge in [-0.1, -0.05) is 22.0 Å². The van der Waals surface area contributed by atoms with Gasteiger partial charge in [-0.15, -0.1) is 0 Å². The number of ether oxygens (including phenoxy) is 1. The second kappa shape index (κ2) is 6.29. The first-order valence-corrected chi connectivity index (χ1v) is 6.73. The number of carbonyl (C=O) groups excluding carboxylic acids is 1. The van der Waals surface area contributed by atoms with Crippen molar-refractivity contribution in [1.82, 2.24) is 0 Å². The van der Waals surface area contributed by atoms with Crippen molar-refractivity contribution in [3.05, 3.63) is 52.0 Å². The second-order valence-electron chi connectivity index (χ2n) is 4.11. The van der Waals surface area contributed by atoms with Gasteiger partial charge in [0.1, 0.15) is 6.07 Å². The maximum Gasteiger partial charge on any atom is 0.259 e. The fourth-order valence-electron chi connectivity index (χ4n) is 1.78. The van der Waals surface area contributed by atoms with E-state index in [1.807, 2.05) is 6.07 Å². The van der Waals surface area contributed by atoms with E-state index in [2.05, 4.69) is 21.2 Å². The quantitative estimate of drug-likeness (QED) is 0.893. The molecule has 2 rings (SSSR count). The van der Waals surface area contributed by atoms with Crippen LogP contribution in [0.5, 0.6) is 11.5 Å². The minimum Gasteiger partial charge on any atom is -0.504 e. The van der Waals surface area contributed by atoms with Crippen LogP contribution in [0.4, 0.5) is 5.69 Å². The van der Waals surface area contributed by atoms with Gasteiger partial charge in [-0.3, -0.25) is 4.79 Å². The largest absolute Gasteiger partial charge is 0.504 e. The van der Waals surface area contributed by atoms with Gasteiger partial charge in [0, 0.05) is 4.47 Å². The summed E-state index contributed by atoms with van der Waals surface area (Å²) < 4.78 is 5.70. The molecule has 0 unspecified atom stereocenters. The molecule has 0 aliphatic heterocycles. The summed E-state index contributed by atoms with van der Waals surface area (Å²) in [6.07, 6.45) is 0. The number of nitrogens with zero attached hydrogens (tertiary/aromatic N) is 1. The number of nitriles is 1. The van der Waals surface area contributed by atoms with E-state index < -0.39 is 5.91 Å². The lowest BCUT2D eigenvalue weighted by molar-refractivity contribution is 0.102. The predicted molar refractivity (Wildman–Crippen MR) is 81.5 cm³/mol. The van der Waals surface area contributed by atoms with Gasteiger partial charge < -0.3 is 15.2 Å². The highest BCUT2D eigenvalue weighted by molar-refractivity contribution is 9.10. The lowest BCUT2D eigenvalue weighted by atomic mass is 10.1. The number of hydrogen-bond donors (Lipinski definition) is 2. The summed E-state index contributed by atoms with van der Waals surface area (Å²) in [7, 11) is 1.40. The van der Waals surface area contributed by atoms with Gasteiger partial charge in [-0.25, -0.2) is 0 Å². The van der Waals surface area contributed by atoms with Gasteiger partial charge in [0.05, 0.1) is 23.9 Å². The van der Waals surface area contributed by atoms with E-state index in [1.54, 1.807) is 30.3 Å². The van der Waals surface area contributed by atoms with E-state index in [0.29, 0.717) is 11.3 Å². The van der Waals surface area contributed by atoms with Crippen molar-refractivity contribution in [2.24, 2.45) is 0 Å². The number of carbonyl (C=O) groups is 1. The van der Waals surface area contributed by atoms with E-state index in [4.69, 9.17) is 10.00 Å². The summed E-state index contributed by atoms with van der Waals surface area (Å²) in [6, 6.07) is 11.5. The van der Waals surface area contributed by atoms with E-state index in [1.165, 1.54) is 13.2 Å². The number of amides is 1. The van der Waals surface area contributed by atoms with Crippen LogP contribution in [0, 0.1) is 11.3 Å². The van der Waals surface area contributed by atoms with Crippen LogP contribution in [0.25, 0.3) is 0 Å². The van der Waals surface area contributed by atoms with E-state index in [9.17, 15) is 9.90 Å². The molecule has 0 aliphatic rings. The number of aromatic hydroxyl groups is 1. The van der Waals surface area contributed by atoms with Crippen LogP contribution in [-0.4, -0.2) is 18.1 Å². The first-order chi connectivity index (χ1) is 10.1. The molecule has 2 N–H and O–H groups in total. The molecule has 0 heterocycles. The molecule has 2 aromatic carbocycles. The van der Waals surface area contributed by atoms with Crippen LogP contribution in [0.1, 0.15) is 15.9 Å². The predicted octanol–water partition coefficient (Wildman–Crippen LogP) is 3.29. The molecule has 0 aliphatic carbocycles. The third kappa shape index (κ3) is 3.15. The average Bonchev–Trinajstić information content (AvgIpc) is 2.49. The maximum absolute atomic E-state index is 12.2. The highest BCUT2D eigenvalue weighted by Crippen LogP contribution is 2.30. The van der Waals surface area contributed by atoms with Crippen molar-refractivity contribution < 1.29 is 14.6 Å². The molecule has 0 bridgehead atoms. The highest BCUT2D eigenvalue weighted by Gasteiger charge is 2.16. The van der Waals surface area contributed by atoms with Gasteiger partial charge in [-0.05, 0) is 30.3 Å². The van der Waals surface area contributed by atoms with Crippen LogP contribution < -0.4 is 10.1 Å². The molecule has 1 amide bonds. The van der Waals surface area contributed by atoms with E-state index in [0.717, 1.165) is 4.47 Å². The van der Waals surface area contributed by atoms with Gasteiger partial charge in [0.2, 0.25) is 0 Å². The Labute approximate surface area is 129 Å². The Balaban J connectivity index is 2.33. The van der Waals surface area contributed by atoms with Gasteiger partial charge in [-0.2, -0.15) is 5.26 Å². The molecule has 2 aromatic rings. The Morgan fingerprint density at radius 3 is 2.81 bits per heavy atom. The minimum atomic E-state index is -0.523. The summed E-state index contributed by atoms with van der Waals surface area (Å²) in [6.45, 7) is 0. The molecule has 0 saturated carbocycles. The Morgan fingerprint density at radius 1 is 1.38 bits per heavy atom. The molecule has 21 heavy (non-hydrogen) atoms. The molecular formula is C15H11BrN2O3. The first kappa shape index (κ1) is 14.9. The summed E-state index contributed by atoms with van der Waals surface area (Å²) >= 11 is 3.26. The summed E-state index contributed by atoms with van der Waals surface area (Å²) in [4.78, 5) is 12.2. The topological polar surface area (TPSA) is 82.3 Å². The standard InChI is InChI=1S/C15H11BrN2O3/c1-21-13-4-2-3-11(14(13)19)15(20)18-12-6-5-10(16)7-9(12)8-17/h2-7,19H,1H3,(H,18,20). The van der Waals surface area contributed by atoms with Gasteiger partial charge in [0.25, 0.3) is 5.91 Å². The first-order valence-electron chi connectivity index (χ1n) is 5.93. The van der Waals surface area contributed by atoms with Crippen LogP contribution in [0.2, 0.25) is 0 Å². The summed E-state index contributed by atoms with van der Waals surface area (Å²) in [5.41, 5.74) is 0.759. The number of methoxy groups -OCH3 is 1. The zero-order valence-electron chi connectivity index (χ0n) is 11.1. The third-order valence-electron chi connectivity index (χ3n) is 2.81. The molecule has 106 valence electrons. The minimum absolute atomic E-state index is 0.0705. The van der Waals surface area contributed by atoms with Crippen LogP contribution in [0.15, 0.2) is 40.9 Å². The Bertz CT molecular complexity index is 738. The van der Waals surface area contributed by atoms with Gasteiger partial charge in [0.15, 0.2) is 11.5 Å². The Hall–Kier alpha value is -2.52. The maximum atomic E-state index is 12.2. The molecule has 0 aromatic heterocycles. The van der Waals surface area contributed by atoms with Crippen LogP contribution in [-0.2, 0) is 0 Å². The van der Waals surface area contributed by atoms with Crippen molar-refractivity contribution >= 4 is 27.5 Å². The smallest absolute Gasteiger partial charge is 0.259 e. The molecule has 6 heteroatoms. The second-order valence-corrected chi connectivity index (χ2v) is 5.03. The molecular weight excluding hydrogens is 336 g/mol. The molecule has 0 radical (unpaired) electrons. The number of hydrogen-bond acceptors (Lipinski definition) is 4. The zero-order valence-corrected chi connectivity index (χ0v) is 12.6. The van der Waals surface area contributed by atoms with Gasteiger partial charge >= 0.3 is 0 Å². The monoisotopic (exact) mass is 346 g/mol. The van der Waals surface area contributed by atoms with Crippen molar-refractivity contribution in [2.75, 3.05) is 12.4 Å². The fourth-order valence-corrected chi connectivity index (χ4v) is 2.14. The Kier molecular flexibility index (Phi) is 4.45. The number of anilines is 1. The van der Waals surface area contributed by atoms with Crippen molar-refractivity contribution in [3.63, 3.8) is 0 Å². The molecule has 0 fully saturated rings.